The quantitative estimate of drug-likeness (QED) is 0.134. The van der Waals surface area contributed by atoms with Crippen molar-refractivity contribution in [2.75, 3.05) is 6.54 Å². The van der Waals surface area contributed by atoms with Crippen LogP contribution in [0.3, 0.4) is 0 Å². The lowest BCUT2D eigenvalue weighted by molar-refractivity contribution is -0.384. The molecule has 2 atom stereocenters. The van der Waals surface area contributed by atoms with Crippen LogP contribution < -0.4 is 5.32 Å². The maximum atomic E-state index is 13.7. The van der Waals surface area contributed by atoms with Crippen LogP contribution in [0.5, 0.6) is 0 Å². The second-order valence-corrected chi connectivity index (χ2v) is 11.3. The molecule has 1 heterocycles. The molecule has 0 saturated carbocycles. The highest BCUT2D eigenvalue weighted by Crippen LogP contribution is 2.24. The number of carbonyl (C=O) groups is 2. The molecule has 2 amide bonds. The SMILES string of the molecule is CC[C@H](C)[C@@H](CN(Cc1ccccc1)C(=O)c1ccc(Cl)c(Cl)c1)NC(=O)Cc1cncn1Cc1ccc([N+](=O)[O-])cc1. The van der Waals surface area contributed by atoms with Crippen LogP contribution in [0, 0.1) is 16.0 Å². The van der Waals surface area contributed by atoms with Crippen LogP contribution in [0.4, 0.5) is 5.69 Å². The van der Waals surface area contributed by atoms with Crippen molar-refractivity contribution in [1.82, 2.24) is 19.8 Å². The highest BCUT2D eigenvalue weighted by molar-refractivity contribution is 6.42. The van der Waals surface area contributed by atoms with E-state index in [1.54, 1.807) is 47.8 Å². The summed E-state index contributed by atoms with van der Waals surface area (Å²) in [6, 6.07) is 20.5. The summed E-state index contributed by atoms with van der Waals surface area (Å²) >= 11 is 12.3. The van der Waals surface area contributed by atoms with Crippen molar-refractivity contribution in [3.8, 4) is 0 Å². The van der Waals surface area contributed by atoms with Gasteiger partial charge >= 0.3 is 0 Å². The van der Waals surface area contributed by atoms with Gasteiger partial charge in [-0.05, 0) is 35.2 Å². The number of nitrogens with zero attached hydrogens (tertiary/aromatic N) is 4. The fourth-order valence-electron chi connectivity index (χ4n) is 4.70. The molecule has 0 saturated heterocycles. The third kappa shape index (κ3) is 8.65. The van der Waals surface area contributed by atoms with Gasteiger partial charge in [0.1, 0.15) is 0 Å². The summed E-state index contributed by atoms with van der Waals surface area (Å²) in [5.41, 5.74) is 2.94. The van der Waals surface area contributed by atoms with Gasteiger partial charge in [-0.1, -0.05) is 85.9 Å². The van der Waals surface area contributed by atoms with E-state index in [1.807, 2.05) is 48.7 Å². The number of aromatic nitrogens is 2. The Hall–Kier alpha value is -4.21. The summed E-state index contributed by atoms with van der Waals surface area (Å²) in [6.07, 6.45) is 4.15. The summed E-state index contributed by atoms with van der Waals surface area (Å²) in [4.78, 5) is 43.6. The number of halogens is 2. The third-order valence-corrected chi connectivity index (χ3v) is 8.14. The number of nitro groups is 1. The van der Waals surface area contributed by atoms with E-state index in [4.69, 9.17) is 23.2 Å². The Labute approximate surface area is 260 Å². The molecule has 0 fully saturated rings. The number of imidazole rings is 1. The first kappa shape index (κ1) is 31.7. The molecular formula is C32H33Cl2N5O4. The van der Waals surface area contributed by atoms with Crippen LogP contribution in [-0.4, -0.2) is 43.8 Å². The second-order valence-electron chi connectivity index (χ2n) is 10.5. The average Bonchev–Trinajstić information content (AvgIpc) is 3.43. The minimum absolute atomic E-state index is 0.0176. The van der Waals surface area contributed by atoms with E-state index in [1.165, 1.54) is 12.1 Å². The van der Waals surface area contributed by atoms with E-state index in [-0.39, 0.29) is 42.4 Å². The molecule has 1 aromatic heterocycles. The molecule has 43 heavy (non-hydrogen) atoms. The lowest BCUT2D eigenvalue weighted by Gasteiger charge is -2.32. The van der Waals surface area contributed by atoms with Crippen LogP contribution in [0.15, 0.2) is 85.3 Å². The van der Waals surface area contributed by atoms with Gasteiger partial charge in [0, 0.05) is 55.3 Å². The van der Waals surface area contributed by atoms with Gasteiger partial charge in [0.2, 0.25) is 5.91 Å². The number of nitro benzene ring substituents is 1. The maximum Gasteiger partial charge on any atom is 0.269 e. The lowest BCUT2D eigenvalue weighted by Crippen LogP contribution is -2.49. The van der Waals surface area contributed by atoms with Crippen molar-refractivity contribution in [3.63, 3.8) is 0 Å². The van der Waals surface area contributed by atoms with Gasteiger partial charge in [-0.2, -0.15) is 0 Å². The lowest BCUT2D eigenvalue weighted by atomic mass is 9.97. The smallest absolute Gasteiger partial charge is 0.269 e. The number of nitrogens with one attached hydrogen (secondary N) is 1. The molecule has 0 aliphatic rings. The Morgan fingerprint density at radius 2 is 1.74 bits per heavy atom. The maximum absolute atomic E-state index is 13.7. The number of benzene rings is 3. The molecule has 11 heteroatoms. The first-order valence-electron chi connectivity index (χ1n) is 13.9. The predicted octanol–water partition coefficient (Wildman–Crippen LogP) is 6.56. The van der Waals surface area contributed by atoms with Gasteiger partial charge in [0.05, 0.1) is 27.7 Å². The number of hydrogen-bond acceptors (Lipinski definition) is 5. The summed E-state index contributed by atoms with van der Waals surface area (Å²) in [5.74, 6) is -0.336. The van der Waals surface area contributed by atoms with Gasteiger partial charge < -0.3 is 14.8 Å². The van der Waals surface area contributed by atoms with Crippen molar-refractivity contribution in [2.45, 2.75) is 45.8 Å². The van der Waals surface area contributed by atoms with E-state index >= 15 is 0 Å². The molecule has 0 aliphatic carbocycles. The summed E-state index contributed by atoms with van der Waals surface area (Å²) in [7, 11) is 0. The number of rotatable bonds is 13. The van der Waals surface area contributed by atoms with Crippen molar-refractivity contribution in [1.29, 1.82) is 0 Å². The number of carbonyl (C=O) groups excluding carboxylic acids is 2. The molecule has 3 aromatic carbocycles. The highest BCUT2D eigenvalue weighted by Gasteiger charge is 2.26. The Kier molecular flexibility index (Phi) is 10.9. The summed E-state index contributed by atoms with van der Waals surface area (Å²) in [5, 5.41) is 14.8. The van der Waals surface area contributed by atoms with E-state index in [2.05, 4.69) is 10.3 Å². The molecule has 9 nitrogen and oxygen atoms in total. The molecular weight excluding hydrogens is 589 g/mol. The summed E-state index contributed by atoms with van der Waals surface area (Å²) < 4.78 is 1.84. The van der Waals surface area contributed by atoms with Crippen LogP contribution in [0.25, 0.3) is 0 Å². The number of non-ortho nitro benzene ring substituents is 1. The van der Waals surface area contributed by atoms with Crippen molar-refractivity contribution >= 4 is 40.7 Å². The van der Waals surface area contributed by atoms with Crippen molar-refractivity contribution in [3.05, 3.63) is 128 Å². The standard InChI is InChI=1S/C32H33Cl2N5O4/c1-3-22(2)30(20-37(18-23-7-5-4-6-8-23)32(41)25-11-14-28(33)29(34)15-25)36-31(40)16-27-17-35-21-38(27)19-24-9-12-26(13-10-24)39(42)43/h4-15,17,21-22,30H,3,16,18-20H2,1-2H3,(H,36,40)/t22-,30+/m0/s1. The summed E-state index contributed by atoms with van der Waals surface area (Å²) in [6.45, 7) is 5.15. The van der Waals surface area contributed by atoms with Gasteiger partial charge in [0.25, 0.3) is 11.6 Å². The Bertz CT molecular complexity index is 1560. The van der Waals surface area contributed by atoms with E-state index in [0.717, 1.165) is 17.5 Å². The van der Waals surface area contributed by atoms with Crippen LogP contribution in [0.1, 0.15) is 47.4 Å². The third-order valence-electron chi connectivity index (χ3n) is 7.40. The molecule has 0 radical (unpaired) electrons. The molecule has 224 valence electrons. The fraction of sp³-hybridized carbons (Fsp3) is 0.281. The molecule has 0 bridgehead atoms. The van der Waals surface area contributed by atoms with Crippen molar-refractivity contribution in [2.24, 2.45) is 5.92 Å². The topological polar surface area (TPSA) is 110 Å². The molecule has 4 rings (SSSR count). The predicted molar refractivity (Wildman–Crippen MR) is 167 cm³/mol. The monoisotopic (exact) mass is 621 g/mol. The number of amides is 2. The average molecular weight is 623 g/mol. The fourth-order valence-corrected chi connectivity index (χ4v) is 5.00. The first-order valence-corrected chi connectivity index (χ1v) is 14.7. The van der Waals surface area contributed by atoms with E-state index in [9.17, 15) is 19.7 Å². The minimum atomic E-state index is -0.441. The van der Waals surface area contributed by atoms with Gasteiger partial charge in [0.15, 0.2) is 0 Å². The van der Waals surface area contributed by atoms with E-state index < -0.39 is 4.92 Å². The highest BCUT2D eigenvalue weighted by atomic mass is 35.5. The molecule has 4 aromatic rings. The largest absolute Gasteiger partial charge is 0.351 e. The number of hydrogen-bond donors (Lipinski definition) is 1. The molecule has 0 spiro atoms. The molecule has 0 aliphatic heterocycles. The Balaban J connectivity index is 1.50. The Morgan fingerprint density at radius 3 is 2.40 bits per heavy atom. The van der Waals surface area contributed by atoms with Crippen LogP contribution >= 0.6 is 23.2 Å². The van der Waals surface area contributed by atoms with Crippen LogP contribution in [-0.2, 0) is 24.3 Å². The Morgan fingerprint density at radius 1 is 1.02 bits per heavy atom. The zero-order chi connectivity index (χ0) is 30.9. The first-order chi connectivity index (χ1) is 20.6. The van der Waals surface area contributed by atoms with Crippen LogP contribution in [0.2, 0.25) is 10.0 Å². The zero-order valence-corrected chi connectivity index (χ0v) is 25.5. The van der Waals surface area contributed by atoms with E-state index in [0.29, 0.717) is 34.4 Å². The van der Waals surface area contributed by atoms with Gasteiger partial charge in [-0.3, -0.25) is 19.7 Å². The van der Waals surface area contributed by atoms with Crippen molar-refractivity contribution < 1.29 is 14.5 Å². The zero-order valence-electron chi connectivity index (χ0n) is 24.0. The van der Waals surface area contributed by atoms with Gasteiger partial charge in [-0.15, -0.1) is 0 Å². The second kappa shape index (κ2) is 14.8. The minimum Gasteiger partial charge on any atom is -0.351 e. The molecule has 0 unspecified atom stereocenters. The normalized spacial score (nSPS) is 12.4. The van der Waals surface area contributed by atoms with Gasteiger partial charge in [-0.25, -0.2) is 4.98 Å². The molecule has 1 N–H and O–H groups in total.